The highest BCUT2D eigenvalue weighted by Gasteiger charge is 2.24. The maximum absolute atomic E-state index is 13.5. The predicted molar refractivity (Wildman–Crippen MR) is 153 cm³/mol. The van der Waals surface area contributed by atoms with Crippen molar-refractivity contribution in [1.82, 2.24) is 9.80 Å². The maximum Gasteiger partial charge on any atom is 0.254 e. The number of piperazine rings is 1. The van der Waals surface area contributed by atoms with Gasteiger partial charge in [0.1, 0.15) is 5.75 Å². The van der Waals surface area contributed by atoms with Gasteiger partial charge in [-0.15, -0.1) is 0 Å². The van der Waals surface area contributed by atoms with Crippen LogP contribution in [0.4, 0.5) is 11.4 Å². The van der Waals surface area contributed by atoms with Gasteiger partial charge in [-0.05, 0) is 74.1 Å². The number of benzene rings is 3. The summed E-state index contributed by atoms with van der Waals surface area (Å²) in [5.74, 6) is 1.05. The van der Waals surface area contributed by atoms with Crippen LogP contribution in [0.15, 0.2) is 60.7 Å². The number of likely N-dealkylation sites (tertiary alicyclic amines) is 1. The van der Waals surface area contributed by atoms with Crippen LogP contribution >= 0.6 is 0 Å². The van der Waals surface area contributed by atoms with Crippen molar-refractivity contribution in [1.29, 1.82) is 0 Å². The molecule has 0 aromatic heterocycles. The summed E-state index contributed by atoms with van der Waals surface area (Å²) in [6.07, 6.45) is 5.13. The molecule has 0 spiro atoms. The van der Waals surface area contributed by atoms with Gasteiger partial charge in [0.05, 0.1) is 6.61 Å². The lowest BCUT2D eigenvalue weighted by Gasteiger charge is -2.36. The summed E-state index contributed by atoms with van der Waals surface area (Å²) < 4.78 is 5.99. The first-order valence-electron chi connectivity index (χ1n) is 13.8. The Kier molecular flexibility index (Phi) is 8.15. The molecule has 6 nitrogen and oxygen atoms in total. The van der Waals surface area contributed by atoms with Crippen molar-refractivity contribution in [3.05, 3.63) is 66.2 Å². The van der Waals surface area contributed by atoms with Gasteiger partial charge in [-0.25, -0.2) is 0 Å². The lowest BCUT2D eigenvalue weighted by Crippen LogP contribution is -2.48. The lowest BCUT2D eigenvalue weighted by atomic mass is 10.0. The third-order valence-corrected chi connectivity index (χ3v) is 7.72. The molecule has 37 heavy (non-hydrogen) atoms. The van der Waals surface area contributed by atoms with Gasteiger partial charge in [-0.3, -0.25) is 4.79 Å². The molecule has 3 aromatic carbocycles. The SMILES string of the molecule is CN(C)c1ccc(C(=O)N2CCN(c3ccc(OCCCN4CCCCC4)cc3)CC2)c2ccccc12. The maximum atomic E-state index is 13.5. The summed E-state index contributed by atoms with van der Waals surface area (Å²) in [5, 5.41) is 2.14. The van der Waals surface area contributed by atoms with E-state index >= 15 is 0 Å². The van der Waals surface area contributed by atoms with Gasteiger partial charge in [-0.1, -0.05) is 30.7 Å². The van der Waals surface area contributed by atoms with E-state index in [1.807, 2.05) is 37.2 Å². The quantitative estimate of drug-likeness (QED) is 0.402. The van der Waals surface area contributed by atoms with Crippen LogP contribution in [0.2, 0.25) is 0 Å². The molecule has 1 amide bonds. The number of nitrogens with zero attached hydrogens (tertiary/aromatic N) is 4. The van der Waals surface area contributed by atoms with Crippen molar-refractivity contribution in [3.63, 3.8) is 0 Å². The minimum atomic E-state index is 0.120. The van der Waals surface area contributed by atoms with Crippen LogP contribution in [0.3, 0.4) is 0 Å². The summed E-state index contributed by atoms with van der Waals surface area (Å²) in [7, 11) is 4.08. The van der Waals surface area contributed by atoms with E-state index in [-0.39, 0.29) is 5.91 Å². The van der Waals surface area contributed by atoms with E-state index in [2.05, 4.69) is 57.2 Å². The van der Waals surface area contributed by atoms with Crippen molar-refractivity contribution in [2.75, 3.05) is 76.3 Å². The van der Waals surface area contributed by atoms with E-state index in [9.17, 15) is 4.79 Å². The second-order valence-electron chi connectivity index (χ2n) is 10.4. The predicted octanol–water partition coefficient (Wildman–Crippen LogP) is 5.12. The number of carbonyl (C=O) groups is 1. The molecule has 5 rings (SSSR count). The number of rotatable bonds is 8. The van der Waals surface area contributed by atoms with Crippen LogP contribution in [0.5, 0.6) is 5.75 Å². The average Bonchev–Trinajstić information content (AvgIpc) is 2.95. The third-order valence-electron chi connectivity index (χ3n) is 7.72. The fraction of sp³-hybridized carbons (Fsp3) is 0.452. The number of anilines is 2. The summed E-state index contributed by atoms with van der Waals surface area (Å²) >= 11 is 0. The second kappa shape index (κ2) is 11.9. The van der Waals surface area contributed by atoms with E-state index in [1.54, 1.807) is 0 Å². The van der Waals surface area contributed by atoms with Crippen LogP contribution < -0.4 is 14.5 Å². The highest BCUT2D eigenvalue weighted by Crippen LogP contribution is 2.30. The van der Waals surface area contributed by atoms with Crippen molar-refractivity contribution >= 4 is 28.1 Å². The molecule has 3 aromatic rings. The topological polar surface area (TPSA) is 39.3 Å². The molecule has 0 bridgehead atoms. The first-order chi connectivity index (χ1) is 18.1. The zero-order valence-electron chi connectivity index (χ0n) is 22.4. The number of fused-ring (bicyclic) bond motifs is 1. The Hall–Kier alpha value is -3.25. The molecule has 0 atom stereocenters. The fourth-order valence-corrected chi connectivity index (χ4v) is 5.61. The Morgan fingerprint density at radius 3 is 2.22 bits per heavy atom. The Balaban J connectivity index is 1.13. The number of ether oxygens (including phenoxy) is 1. The van der Waals surface area contributed by atoms with Crippen LogP contribution in [0.25, 0.3) is 10.8 Å². The first-order valence-corrected chi connectivity index (χ1v) is 13.8. The van der Waals surface area contributed by atoms with E-state index in [1.165, 1.54) is 38.0 Å². The number of amides is 1. The molecular weight excluding hydrogens is 460 g/mol. The fourth-order valence-electron chi connectivity index (χ4n) is 5.61. The van der Waals surface area contributed by atoms with Crippen LogP contribution in [-0.2, 0) is 0 Å². The summed E-state index contributed by atoms with van der Waals surface area (Å²) in [4.78, 5) is 22.5. The van der Waals surface area contributed by atoms with Crippen molar-refractivity contribution < 1.29 is 9.53 Å². The Morgan fingerprint density at radius 1 is 0.811 bits per heavy atom. The number of hydrogen-bond acceptors (Lipinski definition) is 5. The summed E-state index contributed by atoms with van der Waals surface area (Å²) in [6, 6.07) is 20.7. The molecular formula is C31H40N4O2. The smallest absolute Gasteiger partial charge is 0.254 e. The highest BCUT2D eigenvalue weighted by molar-refractivity contribution is 6.10. The van der Waals surface area contributed by atoms with Gasteiger partial charge >= 0.3 is 0 Å². The zero-order valence-corrected chi connectivity index (χ0v) is 22.4. The van der Waals surface area contributed by atoms with E-state index in [0.717, 1.165) is 73.5 Å². The largest absolute Gasteiger partial charge is 0.494 e. The van der Waals surface area contributed by atoms with E-state index in [0.29, 0.717) is 0 Å². The summed E-state index contributed by atoms with van der Waals surface area (Å²) in [5.41, 5.74) is 3.11. The van der Waals surface area contributed by atoms with Crippen molar-refractivity contribution in [3.8, 4) is 5.75 Å². The van der Waals surface area contributed by atoms with E-state index in [4.69, 9.17) is 4.74 Å². The molecule has 0 aliphatic carbocycles. The van der Waals surface area contributed by atoms with Gasteiger partial charge in [0.15, 0.2) is 0 Å². The van der Waals surface area contributed by atoms with E-state index < -0.39 is 0 Å². The average molecular weight is 501 g/mol. The first kappa shape index (κ1) is 25.4. The van der Waals surface area contributed by atoms with Crippen molar-refractivity contribution in [2.45, 2.75) is 25.7 Å². The minimum absolute atomic E-state index is 0.120. The molecule has 6 heteroatoms. The van der Waals surface area contributed by atoms with Crippen LogP contribution in [0, 0.1) is 0 Å². The van der Waals surface area contributed by atoms with Gasteiger partial charge < -0.3 is 24.3 Å². The molecule has 2 aliphatic heterocycles. The second-order valence-corrected chi connectivity index (χ2v) is 10.4. The number of carbonyl (C=O) groups excluding carboxylic acids is 1. The minimum Gasteiger partial charge on any atom is -0.494 e. The Labute approximate surface area is 221 Å². The Morgan fingerprint density at radius 2 is 1.51 bits per heavy atom. The molecule has 2 aliphatic rings. The van der Waals surface area contributed by atoms with Crippen LogP contribution in [-0.4, -0.2) is 82.2 Å². The Bertz CT molecular complexity index is 1180. The molecule has 196 valence electrons. The monoisotopic (exact) mass is 500 g/mol. The standard InChI is InChI=1S/C31H40N4O2/c1-32(2)30-16-15-29(27-9-4-5-10-28(27)30)31(36)35-22-20-34(21-23-35)25-11-13-26(14-12-25)37-24-8-19-33-17-6-3-7-18-33/h4-5,9-16H,3,6-8,17-24H2,1-2H3. The number of piperidine rings is 1. The highest BCUT2D eigenvalue weighted by atomic mass is 16.5. The number of hydrogen-bond donors (Lipinski definition) is 0. The molecule has 2 heterocycles. The molecule has 0 saturated carbocycles. The molecule has 2 fully saturated rings. The zero-order chi connectivity index (χ0) is 25.6. The molecule has 0 unspecified atom stereocenters. The van der Waals surface area contributed by atoms with Crippen LogP contribution in [0.1, 0.15) is 36.0 Å². The summed E-state index contributed by atoms with van der Waals surface area (Å²) in [6.45, 7) is 7.48. The van der Waals surface area contributed by atoms with Crippen molar-refractivity contribution in [2.24, 2.45) is 0 Å². The third kappa shape index (κ3) is 6.02. The normalized spacial score (nSPS) is 16.7. The molecule has 0 N–H and O–H groups in total. The van der Waals surface area contributed by atoms with Gasteiger partial charge in [0, 0.05) is 69.1 Å². The molecule has 2 saturated heterocycles. The van der Waals surface area contributed by atoms with Gasteiger partial charge in [0.25, 0.3) is 5.91 Å². The lowest BCUT2D eigenvalue weighted by molar-refractivity contribution is 0.0749. The van der Waals surface area contributed by atoms with Gasteiger partial charge in [0.2, 0.25) is 0 Å². The molecule has 0 radical (unpaired) electrons. The van der Waals surface area contributed by atoms with Gasteiger partial charge in [-0.2, -0.15) is 0 Å².